The van der Waals surface area contributed by atoms with E-state index in [9.17, 15) is 9.59 Å². The Hall–Kier alpha value is -5.41. The number of carbonyl (C=O) groups excluding carboxylic acids is 2. The molecule has 3 N–H and O–H groups in total. The number of fused-ring (bicyclic) bond motifs is 2. The van der Waals surface area contributed by atoms with E-state index in [0.717, 1.165) is 49.3 Å². The number of aromatic amines is 2. The number of Topliss-reactive ketones (excluding diaryl/α,β-unsaturated/α-hetero) is 1. The third-order valence-electron chi connectivity index (χ3n) is 7.40. The smallest absolute Gasteiger partial charge is 0.255 e. The number of hydrogen-bond donors (Lipinski definition) is 3. The van der Waals surface area contributed by atoms with E-state index in [1.807, 2.05) is 54.9 Å². The van der Waals surface area contributed by atoms with Crippen molar-refractivity contribution in [1.82, 2.24) is 30.5 Å². The molecule has 8 nitrogen and oxygen atoms in total. The zero-order valence-electron chi connectivity index (χ0n) is 23.4. The number of pyridine rings is 2. The van der Waals surface area contributed by atoms with Crippen LogP contribution >= 0.6 is 11.3 Å². The van der Waals surface area contributed by atoms with Crippen molar-refractivity contribution in [3.63, 3.8) is 0 Å². The number of amides is 1. The molecule has 0 unspecified atom stereocenters. The molecule has 1 amide bonds. The van der Waals surface area contributed by atoms with Gasteiger partial charge in [0.25, 0.3) is 5.91 Å². The summed E-state index contributed by atoms with van der Waals surface area (Å²) in [5.41, 5.74) is 7.22. The van der Waals surface area contributed by atoms with Crippen LogP contribution in [0, 0.1) is 5.92 Å². The number of H-pyrrole nitrogens is 2. The summed E-state index contributed by atoms with van der Waals surface area (Å²) in [4.78, 5) is 39.0. The molecule has 0 radical (unpaired) electrons. The second-order valence-electron chi connectivity index (χ2n) is 10.5. The molecule has 1 aromatic carbocycles. The van der Waals surface area contributed by atoms with Gasteiger partial charge in [-0.2, -0.15) is 5.10 Å². The van der Waals surface area contributed by atoms with Crippen LogP contribution in [0.15, 0.2) is 103 Å². The quantitative estimate of drug-likeness (QED) is 0.178. The van der Waals surface area contributed by atoms with Crippen LogP contribution in [0.1, 0.15) is 39.4 Å². The van der Waals surface area contributed by atoms with E-state index >= 15 is 0 Å². The lowest BCUT2D eigenvalue weighted by atomic mass is 10.0. The molecule has 5 aromatic heterocycles. The van der Waals surface area contributed by atoms with Crippen molar-refractivity contribution >= 4 is 50.5 Å². The fourth-order valence-electron chi connectivity index (χ4n) is 5.22. The minimum atomic E-state index is -0.163. The zero-order chi connectivity index (χ0) is 29.5. The third-order valence-corrected chi connectivity index (χ3v) is 8.61. The molecule has 43 heavy (non-hydrogen) atoms. The molecule has 9 heteroatoms. The monoisotopic (exact) mass is 582 g/mol. The molecule has 0 fully saturated rings. The van der Waals surface area contributed by atoms with Crippen molar-refractivity contribution in [2.75, 3.05) is 0 Å². The minimum absolute atomic E-state index is 0.0481. The van der Waals surface area contributed by atoms with Crippen LogP contribution in [-0.4, -0.2) is 36.8 Å². The summed E-state index contributed by atoms with van der Waals surface area (Å²) in [5.74, 6) is 0.0352. The first-order chi connectivity index (χ1) is 20.9. The van der Waals surface area contributed by atoms with Gasteiger partial charge in [0.15, 0.2) is 11.4 Å². The number of aromatic nitrogens is 5. The molecule has 1 aliphatic carbocycles. The number of ketones is 1. The molecular weight excluding hydrogens is 556 g/mol. The number of hydrogen-bond acceptors (Lipinski definition) is 6. The van der Waals surface area contributed by atoms with Crippen LogP contribution in [-0.2, 0) is 0 Å². The predicted molar refractivity (Wildman–Crippen MR) is 171 cm³/mol. The van der Waals surface area contributed by atoms with Crippen molar-refractivity contribution < 1.29 is 9.59 Å². The normalized spacial score (nSPS) is 14.9. The number of carbonyl (C=O) groups is 2. The highest BCUT2D eigenvalue weighted by molar-refractivity contribution is 7.17. The maximum absolute atomic E-state index is 12.9. The second kappa shape index (κ2) is 10.8. The first-order valence-corrected chi connectivity index (χ1v) is 14.7. The van der Waals surface area contributed by atoms with Crippen molar-refractivity contribution in [2.24, 2.45) is 5.92 Å². The molecule has 6 aromatic rings. The Labute approximate surface area is 250 Å². The van der Waals surface area contributed by atoms with Gasteiger partial charge in [0.2, 0.25) is 0 Å². The minimum Gasteiger partial charge on any atom is -0.352 e. The molecule has 1 atom stereocenters. The number of rotatable bonds is 6. The number of allylic oxidation sites excluding steroid dienone is 5. The molecule has 210 valence electrons. The topological polar surface area (TPSA) is 116 Å². The van der Waals surface area contributed by atoms with Crippen molar-refractivity contribution in [1.29, 1.82) is 0 Å². The van der Waals surface area contributed by atoms with E-state index in [4.69, 9.17) is 0 Å². The lowest BCUT2D eigenvalue weighted by Crippen LogP contribution is -2.21. The van der Waals surface area contributed by atoms with E-state index in [1.54, 1.807) is 25.3 Å². The second-order valence-corrected chi connectivity index (χ2v) is 11.6. The fraction of sp³-hybridized carbons (Fsp3) is 0.0882. The molecule has 0 bridgehead atoms. The summed E-state index contributed by atoms with van der Waals surface area (Å²) in [6.45, 7) is 3.68. The summed E-state index contributed by atoms with van der Waals surface area (Å²) in [5, 5.41) is 12.6. The van der Waals surface area contributed by atoms with Gasteiger partial charge in [0, 0.05) is 50.4 Å². The average Bonchev–Trinajstić information content (AvgIpc) is 3.75. The van der Waals surface area contributed by atoms with E-state index in [2.05, 4.69) is 61.7 Å². The highest BCUT2D eigenvalue weighted by atomic mass is 32.1. The molecule has 0 spiro atoms. The molecular formula is C34H26N6O2S. The summed E-state index contributed by atoms with van der Waals surface area (Å²) >= 11 is 1.46. The number of benzene rings is 1. The van der Waals surface area contributed by atoms with Gasteiger partial charge in [0.05, 0.1) is 22.3 Å². The highest BCUT2D eigenvalue weighted by Crippen LogP contribution is 2.37. The molecule has 0 saturated carbocycles. The zero-order valence-corrected chi connectivity index (χ0v) is 24.2. The first-order valence-electron chi connectivity index (χ1n) is 13.8. The largest absolute Gasteiger partial charge is 0.352 e. The van der Waals surface area contributed by atoms with E-state index in [-0.39, 0.29) is 17.6 Å². The van der Waals surface area contributed by atoms with Gasteiger partial charge in [-0.3, -0.25) is 19.7 Å². The first kappa shape index (κ1) is 26.5. The summed E-state index contributed by atoms with van der Waals surface area (Å²) in [6, 6.07) is 17.1. The van der Waals surface area contributed by atoms with Crippen LogP contribution in [0.25, 0.3) is 49.3 Å². The Morgan fingerprint density at radius 3 is 2.67 bits per heavy atom. The maximum atomic E-state index is 12.9. The van der Waals surface area contributed by atoms with Crippen LogP contribution in [0.4, 0.5) is 0 Å². The standard InChI is InChI=1S/C34H26N6O2S/c1-19-8-9-24(37-34(42)21-6-4-3-5-7-21)13-22(12-19)23-14-26-32(39-40-33(26)36-16-23)28-15-25-27(17-35-18-29(25)38-28)31-11-10-30(43-31)20(2)41/h3-19,38H,1-2H3,(H,37,42)(H,36,39,40)/t19-/m0/s1. The highest BCUT2D eigenvalue weighted by Gasteiger charge is 2.18. The summed E-state index contributed by atoms with van der Waals surface area (Å²) in [6.07, 6.45) is 13.6. The van der Waals surface area contributed by atoms with Gasteiger partial charge in [-0.25, -0.2) is 4.98 Å². The molecule has 7 rings (SSSR count). The number of nitrogens with one attached hydrogen (secondary N) is 3. The predicted octanol–water partition coefficient (Wildman–Crippen LogP) is 7.34. The van der Waals surface area contributed by atoms with Crippen molar-refractivity contribution in [3.05, 3.63) is 119 Å². The number of thiophene rings is 1. The third kappa shape index (κ3) is 5.11. The Balaban J connectivity index is 1.25. The number of nitrogens with zero attached hydrogens (tertiary/aromatic N) is 3. The lowest BCUT2D eigenvalue weighted by molar-refractivity contribution is 0.0966. The molecule has 0 saturated heterocycles. The van der Waals surface area contributed by atoms with E-state index < -0.39 is 0 Å². The fourth-order valence-corrected chi connectivity index (χ4v) is 6.15. The van der Waals surface area contributed by atoms with Crippen molar-refractivity contribution in [3.8, 4) is 21.8 Å². The SMILES string of the molecule is CC(=O)c1ccc(-c2cncc3[nH]c(-c4n[nH]c5ncc(C6=C[C@@H](C)C=CC(NC(=O)c7ccccc7)=C6)cc45)cc23)s1. The Morgan fingerprint density at radius 1 is 1.00 bits per heavy atom. The summed E-state index contributed by atoms with van der Waals surface area (Å²) < 4.78 is 0. The van der Waals surface area contributed by atoms with Gasteiger partial charge >= 0.3 is 0 Å². The average molecular weight is 583 g/mol. The van der Waals surface area contributed by atoms with Crippen LogP contribution in [0.2, 0.25) is 0 Å². The van der Waals surface area contributed by atoms with Crippen molar-refractivity contribution in [2.45, 2.75) is 13.8 Å². The molecule has 1 aliphatic rings. The lowest BCUT2D eigenvalue weighted by Gasteiger charge is -2.08. The van der Waals surface area contributed by atoms with E-state index in [1.165, 1.54) is 11.3 Å². The van der Waals surface area contributed by atoms with Gasteiger partial charge in [0.1, 0.15) is 5.69 Å². The van der Waals surface area contributed by atoms with Gasteiger partial charge in [-0.05, 0) is 67.0 Å². The van der Waals surface area contributed by atoms with Crippen LogP contribution in [0.3, 0.4) is 0 Å². The maximum Gasteiger partial charge on any atom is 0.255 e. The summed E-state index contributed by atoms with van der Waals surface area (Å²) in [7, 11) is 0. The Bertz CT molecular complexity index is 2130. The Morgan fingerprint density at radius 2 is 1.86 bits per heavy atom. The van der Waals surface area contributed by atoms with Gasteiger partial charge in [-0.15, -0.1) is 11.3 Å². The van der Waals surface area contributed by atoms with Gasteiger partial charge < -0.3 is 10.3 Å². The van der Waals surface area contributed by atoms with E-state index in [0.29, 0.717) is 21.8 Å². The van der Waals surface area contributed by atoms with Gasteiger partial charge in [-0.1, -0.05) is 37.3 Å². The van der Waals surface area contributed by atoms with Crippen LogP contribution < -0.4 is 5.32 Å². The Kier molecular flexibility index (Phi) is 6.64. The molecule has 0 aliphatic heterocycles. The van der Waals surface area contributed by atoms with Crippen LogP contribution in [0.5, 0.6) is 0 Å². The molecule has 5 heterocycles.